The summed E-state index contributed by atoms with van der Waals surface area (Å²) >= 11 is 8.84. The molecule has 2 heterocycles. The summed E-state index contributed by atoms with van der Waals surface area (Å²) in [5.74, 6) is 1.11. The highest BCUT2D eigenvalue weighted by Gasteiger charge is 2.17. The van der Waals surface area contributed by atoms with Gasteiger partial charge in [0.25, 0.3) is 5.56 Å². The highest BCUT2D eigenvalue weighted by atomic mass is 35.5. The van der Waals surface area contributed by atoms with Crippen molar-refractivity contribution in [3.8, 4) is 0 Å². The molecule has 0 aliphatic carbocycles. The number of H-pyrrole nitrogens is 1. The van der Waals surface area contributed by atoms with E-state index in [1.165, 1.54) is 23.1 Å². The number of carbonyl (C=O) groups is 1. The lowest BCUT2D eigenvalue weighted by atomic mass is 10.1. The molecule has 0 aliphatic rings. The number of thioether (sulfide) groups is 1. The van der Waals surface area contributed by atoms with Crippen LogP contribution in [-0.2, 0) is 5.75 Å². The standard InChI is InChI=1S/C18H17ClN2O2S2/c1-9-10(2)25-18-15(9)17(23)20-14(21-18)8-24-11(3)16(22)12-4-6-13(19)7-5-12/h4-7,11H,8H2,1-3H3,(H,20,21,23)/t11-/m0/s1. The van der Waals surface area contributed by atoms with Crippen molar-refractivity contribution in [3.63, 3.8) is 0 Å². The van der Waals surface area contributed by atoms with Crippen LogP contribution >= 0.6 is 34.7 Å². The van der Waals surface area contributed by atoms with Crippen molar-refractivity contribution in [2.75, 3.05) is 0 Å². The SMILES string of the molecule is Cc1sc2nc(CS[C@@H](C)C(=O)c3ccc(Cl)cc3)[nH]c(=O)c2c1C. The molecule has 130 valence electrons. The number of thiophene rings is 1. The first-order valence-corrected chi connectivity index (χ1v) is 10.0. The van der Waals surface area contributed by atoms with Gasteiger partial charge in [0.05, 0.1) is 16.4 Å². The number of carbonyl (C=O) groups excluding carboxylic acids is 1. The Kier molecular flexibility index (Phi) is 5.32. The van der Waals surface area contributed by atoms with Gasteiger partial charge in [-0.2, -0.15) is 0 Å². The molecule has 0 bridgehead atoms. The Hall–Kier alpha value is -1.63. The number of nitrogens with one attached hydrogen (secondary N) is 1. The molecule has 3 rings (SSSR count). The van der Waals surface area contributed by atoms with E-state index >= 15 is 0 Å². The third-order valence-corrected chi connectivity index (χ3v) is 6.56. The van der Waals surface area contributed by atoms with Crippen LogP contribution in [0.3, 0.4) is 0 Å². The first kappa shape index (κ1) is 18.2. The minimum Gasteiger partial charge on any atom is -0.309 e. The van der Waals surface area contributed by atoms with E-state index in [0.717, 1.165) is 15.3 Å². The molecule has 2 aromatic heterocycles. The first-order valence-electron chi connectivity index (χ1n) is 7.77. The molecule has 25 heavy (non-hydrogen) atoms. The number of fused-ring (bicyclic) bond motifs is 1. The number of ketones is 1. The molecule has 0 radical (unpaired) electrons. The minimum absolute atomic E-state index is 0.0351. The fourth-order valence-electron chi connectivity index (χ4n) is 2.50. The lowest BCUT2D eigenvalue weighted by Crippen LogP contribution is -2.15. The second-order valence-corrected chi connectivity index (χ2v) is 8.77. The fraction of sp³-hybridized carbons (Fsp3) is 0.278. The Bertz CT molecular complexity index is 993. The van der Waals surface area contributed by atoms with Gasteiger partial charge in [0, 0.05) is 15.5 Å². The van der Waals surface area contributed by atoms with E-state index in [2.05, 4.69) is 9.97 Å². The number of rotatable bonds is 5. The zero-order valence-electron chi connectivity index (χ0n) is 14.1. The molecule has 0 aliphatic heterocycles. The number of Topliss-reactive ketones (excluding diaryl/α,β-unsaturated/α-hetero) is 1. The topological polar surface area (TPSA) is 62.8 Å². The maximum absolute atomic E-state index is 12.5. The van der Waals surface area contributed by atoms with Crippen molar-refractivity contribution >= 4 is 50.7 Å². The number of aryl methyl sites for hydroxylation is 2. The van der Waals surface area contributed by atoms with Crippen molar-refractivity contribution in [2.24, 2.45) is 0 Å². The van der Waals surface area contributed by atoms with E-state index in [1.54, 1.807) is 24.3 Å². The van der Waals surface area contributed by atoms with Gasteiger partial charge in [-0.3, -0.25) is 9.59 Å². The molecule has 3 aromatic rings. The van der Waals surface area contributed by atoms with Crippen LogP contribution in [0.15, 0.2) is 29.1 Å². The van der Waals surface area contributed by atoms with Gasteiger partial charge in [0.1, 0.15) is 10.7 Å². The first-order chi connectivity index (χ1) is 11.9. The fourth-order valence-corrected chi connectivity index (χ4v) is 4.50. The Morgan fingerprint density at radius 3 is 2.68 bits per heavy atom. The zero-order valence-corrected chi connectivity index (χ0v) is 16.4. The average molecular weight is 393 g/mol. The molecule has 0 saturated heterocycles. The maximum atomic E-state index is 12.5. The molecular formula is C18H17ClN2O2S2. The molecule has 0 fully saturated rings. The number of aromatic nitrogens is 2. The Balaban J connectivity index is 1.74. The quantitative estimate of drug-likeness (QED) is 0.636. The van der Waals surface area contributed by atoms with Crippen LogP contribution in [0.25, 0.3) is 10.2 Å². The summed E-state index contributed by atoms with van der Waals surface area (Å²) in [4.78, 5) is 34.0. The summed E-state index contributed by atoms with van der Waals surface area (Å²) in [5, 5.41) is 1.03. The molecule has 1 atom stereocenters. The van der Waals surface area contributed by atoms with E-state index in [1.807, 2.05) is 20.8 Å². The highest BCUT2D eigenvalue weighted by molar-refractivity contribution is 7.99. The van der Waals surface area contributed by atoms with Gasteiger partial charge >= 0.3 is 0 Å². The maximum Gasteiger partial charge on any atom is 0.259 e. The number of nitrogens with zero attached hydrogens (tertiary/aromatic N) is 1. The van der Waals surface area contributed by atoms with E-state index in [0.29, 0.717) is 27.5 Å². The summed E-state index contributed by atoms with van der Waals surface area (Å²) < 4.78 is 0. The van der Waals surface area contributed by atoms with E-state index in [4.69, 9.17) is 11.6 Å². The summed E-state index contributed by atoms with van der Waals surface area (Å²) in [7, 11) is 0. The van der Waals surface area contributed by atoms with Gasteiger partial charge in [0.15, 0.2) is 5.78 Å². The summed E-state index contributed by atoms with van der Waals surface area (Å²) in [5.41, 5.74) is 1.50. The van der Waals surface area contributed by atoms with Crippen molar-refractivity contribution in [3.05, 3.63) is 61.5 Å². The van der Waals surface area contributed by atoms with E-state index in [-0.39, 0.29) is 16.6 Å². The largest absolute Gasteiger partial charge is 0.309 e. The monoisotopic (exact) mass is 392 g/mol. The Labute approximate surface area is 158 Å². The van der Waals surface area contributed by atoms with Crippen molar-refractivity contribution < 1.29 is 4.79 Å². The number of hydrogen-bond acceptors (Lipinski definition) is 5. The van der Waals surface area contributed by atoms with Crippen molar-refractivity contribution in [1.29, 1.82) is 0 Å². The van der Waals surface area contributed by atoms with Crippen LogP contribution < -0.4 is 5.56 Å². The van der Waals surface area contributed by atoms with Crippen molar-refractivity contribution in [1.82, 2.24) is 9.97 Å². The smallest absolute Gasteiger partial charge is 0.259 e. The average Bonchev–Trinajstić information content (AvgIpc) is 2.87. The predicted octanol–water partition coefficient (Wildman–Crippen LogP) is 4.76. The molecular weight excluding hydrogens is 376 g/mol. The van der Waals surface area contributed by atoms with Crippen molar-refractivity contribution in [2.45, 2.75) is 31.8 Å². The van der Waals surface area contributed by atoms with Crippen LogP contribution in [0.1, 0.15) is 33.5 Å². The summed E-state index contributed by atoms with van der Waals surface area (Å²) in [6.07, 6.45) is 0. The lowest BCUT2D eigenvalue weighted by molar-refractivity contribution is 0.0994. The van der Waals surface area contributed by atoms with Crippen LogP contribution in [-0.4, -0.2) is 21.0 Å². The van der Waals surface area contributed by atoms with Gasteiger partial charge < -0.3 is 4.98 Å². The Morgan fingerprint density at radius 2 is 2.00 bits per heavy atom. The molecule has 0 spiro atoms. The number of hydrogen-bond donors (Lipinski definition) is 1. The van der Waals surface area contributed by atoms with Crippen LogP contribution in [0.2, 0.25) is 5.02 Å². The molecule has 0 amide bonds. The second-order valence-electron chi connectivity index (χ2n) is 5.80. The second kappa shape index (κ2) is 7.32. The minimum atomic E-state index is -0.242. The summed E-state index contributed by atoms with van der Waals surface area (Å²) in [6.45, 7) is 5.78. The third-order valence-electron chi connectivity index (χ3n) is 4.06. The molecule has 7 heteroatoms. The molecule has 1 N–H and O–H groups in total. The van der Waals surface area contributed by atoms with Gasteiger partial charge in [-0.15, -0.1) is 23.1 Å². The van der Waals surface area contributed by atoms with Crippen LogP contribution in [0.4, 0.5) is 0 Å². The number of halogens is 1. The molecule has 0 unspecified atom stereocenters. The molecule has 0 saturated carbocycles. The van der Waals surface area contributed by atoms with Gasteiger partial charge in [-0.05, 0) is 50.6 Å². The number of benzene rings is 1. The third kappa shape index (κ3) is 3.81. The van der Waals surface area contributed by atoms with Gasteiger partial charge in [-0.25, -0.2) is 4.98 Å². The Morgan fingerprint density at radius 1 is 1.32 bits per heavy atom. The number of aromatic amines is 1. The highest BCUT2D eigenvalue weighted by Crippen LogP contribution is 2.27. The summed E-state index contributed by atoms with van der Waals surface area (Å²) in [6, 6.07) is 6.87. The molecule has 4 nitrogen and oxygen atoms in total. The lowest BCUT2D eigenvalue weighted by Gasteiger charge is -2.10. The van der Waals surface area contributed by atoms with Crippen LogP contribution in [0.5, 0.6) is 0 Å². The van der Waals surface area contributed by atoms with Gasteiger partial charge in [0.2, 0.25) is 0 Å². The van der Waals surface area contributed by atoms with Gasteiger partial charge in [-0.1, -0.05) is 11.6 Å². The van der Waals surface area contributed by atoms with E-state index < -0.39 is 0 Å². The van der Waals surface area contributed by atoms with Crippen LogP contribution in [0, 0.1) is 13.8 Å². The zero-order chi connectivity index (χ0) is 18.1. The molecule has 1 aromatic carbocycles. The predicted molar refractivity (Wildman–Crippen MR) is 106 cm³/mol. The normalized spacial score (nSPS) is 12.5. The van der Waals surface area contributed by atoms with E-state index in [9.17, 15) is 9.59 Å².